The number of rotatable bonds is 6. The van der Waals surface area contributed by atoms with Crippen LogP contribution in [-0.4, -0.2) is 25.7 Å². The summed E-state index contributed by atoms with van der Waals surface area (Å²) in [5.41, 5.74) is 5.14. The highest BCUT2D eigenvalue weighted by Crippen LogP contribution is 2.27. The van der Waals surface area contributed by atoms with E-state index in [-0.39, 0.29) is 11.5 Å². The Morgan fingerprint density at radius 1 is 1.00 bits per heavy atom. The lowest BCUT2D eigenvalue weighted by molar-refractivity contribution is 0.0982. The number of hydrogen-bond donors (Lipinski definition) is 0. The first kappa shape index (κ1) is 20.0. The van der Waals surface area contributed by atoms with E-state index < -0.39 is 5.82 Å². The topological polar surface area (TPSA) is 68.6 Å². The SMILES string of the molecule is Cc1cc(-c2ncc(CCC(=O)c3ncc(-c4ncccc4F)s3)cc2C)ccn1. The third-order valence-electron chi connectivity index (χ3n) is 4.68. The number of hydrogen-bond acceptors (Lipinski definition) is 6. The third-order valence-corrected chi connectivity index (χ3v) is 5.73. The standard InChI is InChI=1S/C23H19FN4OS/c1-14-10-16(12-27-21(14)17-7-9-25-15(2)11-17)5-6-19(29)23-28-13-20(30-23)22-18(24)4-3-8-26-22/h3-4,7-13H,5-6H2,1-2H3. The highest BCUT2D eigenvalue weighted by molar-refractivity contribution is 7.16. The van der Waals surface area contributed by atoms with Crippen molar-refractivity contribution in [2.24, 2.45) is 0 Å². The number of carbonyl (C=O) groups excluding carboxylic acids is 1. The Kier molecular flexibility index (Phi) is 5.72. The van der Waals surface area contributed by atoms with Gasteiger partial charge in [-0.25, -0.2) is 9.37 Å². The highest BCUT2D eigenvalue weighted by atomic mass is 32.1. The Labute approximate surface area is 177 Å². The average molecular weight is 418 g/mol. The van der Waals surface area contributed by atoms with Crippen LogP contribution < -0.4 is 0 Å². The van der Waals surface area contributed by atoms with Gasteiger partial charge in [-0.2, -0.15) is 0 Å². The number of Topliss-reactive ketones (excluding diaryl/α,β-unsaturated/α-hetero) is 1. The molecule has 30 heavy (non-hydrogen) atoms. The summed E-state index contributed by atoms with van der Waals surface area (Å²) in [7, 11) is 0. The van der Waals surface area contributed by atoms with Crippen LogP contribution in [0.5, 0.6) is 0 Å². The van der Waals surface area contributed by atoms with Gasteiger partial charge >= 0.3 is 0 Å². The van der Waals surface area contributed by atoms with E-state index in [4.69, 9.17) is 0 Å². The molecule has 0 atom stereocenters. The van der Waals surface area contributed by atoms with E-state index in [2.05, 4.69) is 26.0 Å². The van der Waals surface area contributed by atoms with Gasteiger partial charge in [-0.05, 0) is 55.7 Å². The van der Waals surface area contributed by atoms with Crippen LogP contribution in [0.1, 0.15) is 33.0 Å². The molecule has 5 nitrogen and oxygen atoms in total. The maximum absolute atomic E-state index is 13.9. The molecule has 4 aromatic rings. The lowest BCUT2D eigenvalue weighted by atomic mass is 10.0. The van der Waals surface area contributed by atoms with Crippen molar-refractivity contribution in [1.29, 1.82) is 0 Å². The van der Waals surface area contributed by atoms with Gasteiger partial charge in [0.1, 0.15) is 11.5 Å². The lowest BCUT2D eigenvalue weighted by Gasteiger charge is -2.08. The van der Waals surface area contributed by atoms with Crippen molar-refractivity contribution in [1.82, 2.24) is 19.9 Å². The third kappa shape index (κ3) is 4.31. The summed E-state index contributed by atoms with van der Waals surface area (Å²) in [4.78, 5) is 30.1. The van der Waals surface area contributed by atoms with Crippen LogP contribution in [0.2, 0.25) is 0 Å². The average Bonchev–Trinajstić information content (AvgIpc) is 3.22. The second-order valence-electron chi connectivity index (χ2n) is 6.98. The predicted octanol–water partition coefficient (Wildman–Crippen LogP) is 5.23. The fraction of sp³-hybridized carbons (Fsp3) is 0.174. The Hall–Kier alpha value is -3.32. The van der Waals surface area contributed by atoms with Crippen molar-refractivity contribution in [2.45, 2.75) is 26.7 Å². The molecule has 0 spiro atoms. The summed E-state index contributed by atoms with van der Waals surface area (Å²) in [6, 6.07) is 8.87. The van der Waals surface area contributed by atoms with Crippen LogP contribution in [0.15, 0.2) is 55.1 Å². The zero-order valence-corrected chi connectivity index (χ0v) is 17.4. The molecule has 0 aliphatic carbocycles. The van der Waals surface area contributed by atoms with Crippen molar-refractivity contribution < 1.29 is 9.18 Å². The molecule has 4 aromatic heterocycles. The molecule has 0 aliphatic heterocycles. The summed E-state index contributed by atoms with van der Waals surface area (Å²) in [6.07, 6.45) is 7.48. The molecule has 0 N–H and O–H groups in total. The molecule has 0 radical (unpaired) electrons. The van der Waals surface area contributed by atoms with Crippen molar-refractivity contribution in [3.63, 3.8) is 0 Å². The Bertz CT molecular complexity index is 1220. The van der Waals surface area contributed by atoms with E-state index in [0.717, 1.165) is 39.4 Å². The first-order valence-electron chi connectivity index (χ1n) is 9.50. The van der Waals surface area contributed by atoms with Gasteiger partial charge in [-0.15, -0.1) is 11.3 Å². The van der Waals surface area contributed by atoms with Crippen molar-refractivity contribution in [3.05, 3.63) is 82.8 Å². The molecule has 0 aromatic carbocycles. The zero-order valence-electron chi connectivity index (χ0n) is 16.6. The Morgan fingerprint density at radius 3 is 2.63 bits per heavy atom. The van der Waals surface area contributed by atoms with Gasteiger partial charge in [0.25, 0.3) is 0 Å². The van der Waals surface area contributed by atoms with E-state index in [1.54, 1.807) is 6.20 Å². The van der Waals surface area contributed by atoms with Crippen LogP contribution in [0.25, 0.3) is 21.8 Å². The number of ketones is 1. The normalized spacial score (nSPS) is 10.9. The molecule has 4 heterocycles. The minimum Gasteiger partial charge on any atom is -0.292 e. The molecule has 0 unspecified atom stereocenters. The van der Waals surface area contributed by atoms with Crippen molar-refractivity contribution in [2.75, 3.05) is 0 Å². The van der Waals surface area contributed by atoms with Gasteiger partial charge in [0.2, 0.25) is 0 Å². The number of pyridine rings is 3. The maximum atomic E-state index is 13.9. The maximum Gasteiger partial charge on any atom is 0.191 e. The number of halogens is 1. The first-order chi connectivity index (χ1) is 14.5. The summed E-state index contributed by atoms with van der Waals surface area (Å²) in [6.45, 7) is 3.96. The van der Waals surface area contributed by atoms with E-state index in [0.29, 0.717) is 22.7 Å². The van der Waals surface area contributed by atoms with Crippen LogP contribution >= 0.6 is 11.3 Å². The molecule has 0 aliphatic rings. The second-order valence-corrected chi connectivity index (χ2v) is 8.01. The number of aryl methyl sites for hydroxylation is 3. The molecule has 7 heteroatoms. The van der Waals surface area contributed by atoms with Crippen LogP contribution in [0, 0.1) is 19.7 Å². The smallest absolute Gasteiger partial charge is 0.191 e. The molecule has 0 saturated carbocycles. The molecule has 0 amide bonds. The Morgan fingerprint density at radius 2 is 1.87 bits per heavy atom. The van der Waals surface area contributed by atoms with E-state index in [1.165, 1.54) is 24.5 Å². The quantitative estimate of drug-likeness (QED) is 0.401. The fourth-order valence-corrected chi connectivity index (χ4v) is 4.09. The largest absolute Gasteiger partial charge is 0.292 e. The van der Waals surface area contributed by atoms with Gasteiger partial charge in [0, 0.05) is 42.5 Å². The molecule has 0 bridgehead atoms. The van der Waals surface area contributed by atoms with Gasteiger partial charge in [0.15, 0.2) is 10.8 Å². The van der Waals surface area contributed by atoms with Gasteiger partial charge in [0.05, 0.1) is 10.6 Å². The van der Waals surface area contributed by atoms with Crippen LogP contribution in [0.3, 0.4) is 0 Å². The van der Waals surface area contributed by atoms with Crippen molar-refractivity contribution >= 4 is 17.1 Å². The minimum atomic E-state index is -0.425. The summed E-state index contributed by atoms with van der Waals surface area (Å²) < 4.78 is 13.9. The number of nitrogens with zero attached hydrogens (tertiary/aromatic N) is 4. The monoisotopic (exact) mass is 418 g/mol. The van der Waals surface area contributed by atoms with Gasteiger partial charge < -0.3 is 0 Å². The van der Waals surface area contributed by atoms with Crippen LogP contribution in [-0.2, 0) is 6.42 Å². The highest BCUT2D eigenvalue weighted by Gasteiger charge is 2.15. The lowest BCUT2D eigenvalue weighted by Crippen LogP contribution is -2.01. The number of thiazole rings is 1. The number of aromatic nitrogens is 4. The molecule has 4 rings (SSSR count). The Balaban J connectivity index is 1.44. The summed E-state index contributed by atoms with van der Waals surface area (Å²) in [5, 5.41) is 0.364. The first-order valence-corrected chi connectivity index (χ1v) is 10.3. The number of carbonyl (C=O) groups is 1. The van der Waals surface area contributed by atoms with E-state index in [1.807, 2.05) is 32.2 Å². The van der Waals surface area contributed by atoms with Gasteiger partial charge in [-0.3, -0.25) is 19.7 Å². The summed E-state index contributed by atoms with van der Waals surface area (Å²) >= 11 is 1.16. The fourth-order valence-electron chi connectivity index (χ4n) is 3.21. The predicted molar refractivity (Wildman–Crippen MR) is 115 cm³/mol. The second kappa shape index (κ2) is 8.59. The molecular weight excluding hydrogens is 399 g/mol. The van der Waals surface area contributed by atoms with Crippen LogP contribution in [0.4, 0.5) is 4.39 Å². The van der Waals surface area contributed by atoms with Crippen molar-refractivity contribution in [3.8, 4) is 21.8 Å². The summed E-state index contributed by atoms with van der Waals surface area (Å²) in [5.74, 6) is -0.500. The van der Waals surface area contributed by atoms with E-state index in [9.17, 15) is 9.18 Å². The molecule has 0 fully saturated rings. The molecular formula is C23H19FN4OS. The molecule has 0 saturated heterocycles. The molecule has 150 valence electrons. The van der Waals surface area contributed by atoms with E-state index >= 15 is 0 Å². The minimum absolute atomic E-state index is 0.0749. The zero-order chi connectivity index (χ0) is 21.1. The van der Waals surface area contributed by atoms with Gasteiger partial charge in [-0.1, -0.05) is 6.07 Å².